The molecule has 1 aromatic rings. The summed E-state index contributed by atoms with van der Waals surface area (Å²) in [5.41, 5.74) is 2.44. The zero-order valence-corrected chi connectivity index (χ0v) is 10.4. The van der Waals surface area contributed by atoms with Crippen molar-refractivity contribution >= 4 is 5.69 Å². The summed E-state index contributed by atoms with van der Waals surface area (Å²) in [5.74, 6) is 0. The first-order valence-electron chi connectivity index (χ1n) is 6.21. The van der Waals surface area contributed by atoms with E-state index >= 15 is 0 Å². The minimum atomic E-state index is -0.135. The van der Waals surface area contributed by atoms with Crippen LogP contribution < -0.4 is 5.32 Å². The molecule has 90 valence electrons. The number of hydrogen-bond acceptors (Lipinski definition) is 2. The molecule has 0 saturated heterocycles. The molecule has 0 aromatic heterocycles. The molecule has 1 rings (SSSR count). The van der Waals surface area contributed by atoms with E-state index in [1.807, 2.05) is 7.05 Å². The fourth-order valence-electron chi connectivity index (χ4n) is 1.76. The van der Waals surface area contributed by atoms with Gasteiger partial charge in [0.25, 0.3) is 0 Å². The summed E-state index contributed by atoms with van der Waals surface area (Å²) in [7, 11) is 1.92. The third-order valence-corrected chi connectivity index (χ3v) is 2.90. The fourth-order valence-corrected chi connectivity index (χ4v) is 1.76. The van der Waals surface area contributed by atoms with Crippen LogP contribution in [0.3, 0.4) is 0 Å². The second kappa shape index (κ2) is 7.29. The van der Waals surface area contributed by atoms with E-state index in [1.165, 1.54) is 5.56 Å². The molecule has 0 saturated carbocycles. The van der Waals surface area contributed by atoms with Crippen LogP contribution >= 0.6 is 0 Å². The summed E-state index contributed by atoms with van der Waals surface area (Å²) in [5, 5.41) is 12.8. The maximum Gasteiger partial charge on any atom is 0.0543 e. The average molecular weight is 221 g/mol. The van der Waals surface area contributed by atoms with Gasteiger partial charge in [0.1, 0.15) is 0 Å². The lowest BCUT2D eigenvalue weighted by atomic mass is 10.0. The second-order valence-corrected chi connectivity index (χ2v) is 4.28. The molecule has 2 N–H and O–H groups in total. The van der Waals surface area contributed by atoms with Crippen LogP contribution in [-0.2, 0) is 6.42 Å². The Hall–Kier alpha value is -1.02. The molecule has 0 radical (unpaired) electrons. The van der Waals surface area contributed by atoms with Gasteiger partial charge in [0.05, 0.1) is 6.10 Å². The Morgan fingerprint density at radius 3 is 2.44 bits per heavy atom. The zero-order valence-electron chi connectivity index (χ0n) is 10.4. The summed E-state index contributed by atoms with van der Waals surface area (Å²) >= 11 is 0. The molecule has 0 spiro atoms. The predicted octanol–water partition coefficient (Wildman–Crippen LogP) is 3.21. The Morgan fingerprint density at radius 1 is 1.19 bits per heavy atom. The van der Waals surface area contributed by atoms with Crippen molar-refractivity contribution in [2.24, 2.45) is 0 Å². The van der Waals surface area contributed by atoms with E-state index in [-0.39, 0.29) is 6.10 Å². The Balaban J connectivity index is 2.30. The zero-order chi connectivity index (χ0) is 11.8. The molecule has 0 aliphatic carbocycles. The van der Waals surface area contributed by atoms with Crippen molar-refractivity contribution in [2.45, 2.75) is 45.1 Å². The molecule has 0 heterocycles. The highest BCUT2D eigenvalue weighted by molar-refractivity contribution is 5.43. The number of benzene rings is 1. The third kappa shape index (κ3) is 4.67. The van der Waals surface area contributed by atoms with Crippen molar-refractivity contribution in [3.8, 4) is 0 Å². The molecule has 0 fully saturated rings. The van der Waals surface area contributed by atoms with Crippen molar-refractivity contribution in [1.82, 2.24) is 0 Å². The number of anilines is 1. The SMILES string of the molecule is CCCCC(O)CCc1ccc(NC)cc1. The highest BCUT2D eigenvalue weighted by Crippen LogP contribution is 2.13. The standard InChI is InChI=1S/C14H23NO/c1-3-4-5-14(16)11-8-12-6-9-13(15-2)10-7-12/h6-7,9-10,14-16H,3-5,8,11H2,1-2H3. The van der Waals surface area contributed by atoms with Gasteiger partial charge in [-0.25, -0.2) is 0 Å². The molecule has 0 bridgehead atoms. The van der Waals surface area contributed by atoms with Crippen LogP contribution in [0, 0.1) is 0 Å². The monoisotopic (exact) mass is 221 g/mol. The van der Waals surface area contributed by atoms with Crippen molar-refractivity contribution in [3.05, 3.63) is 29.8 Å². The first-order chi connectivity index (χ1) is 7.76. The topological polar surface area (TPSA) is 32.3 Å². The van der Waals surface area contributed by atoms with Gasteiger partial charge in [-0.3, -0.25) is 0 Å². The van der Waals surface area contributed by atoms with Gasteiger partial charge in [-0.1, -0.05) is 31.9 Å². The maximum atomic E-state index is 9.73. The molecule has 2 nitrogen and oxygen atoms in total. The van der Waals surface area contributed by atoms with E-state index in [9.17, 15) is 5.11 Å². The number of unbranched alkanes of at least 4 members (excludes halogenated alkanes) is 1. The second-order valence-electron chi connectivity index (χ2n) is 4.28. The molecule has 1 aromatic carbocycles. The number of hydrogen-bond donors (Lipinski definition) is 2. The fraction of sp³-hybridized carbons (Fsp3) is 0.571. The van der Waals surface area contributed by atoms with Crippen LogP contribution in [0.15, 0.2) is 24.3 Å². The minimum absolute atomic E-state index is 0.135. The van der Waals surface area contributed by atoms with Crippen molar-refractivity contribution < 1.29 is 5.11 Å². The largest absolute Gasteiger partial charge is 0.393 e. The molecule has 0 amide bonds. The van der Waals surface area contributed by atoms with Gasteiger partial charge in [-0.05, 0) is 37.0 Å². The van der Waals surface area contributed by atoms with Gasteiger partial charge in [0.2, 0.25) is 0 Å². The summed E-state index contributed by atoms with van der Waals surface area (Å²) in [6.07, 6.45) is 4.93. The van der Waals surface area contributed by atoms with Gasteiger partial charge in [-0.15, -0.1) is 0 Å². The lowest BCUT2D eigenvalue weighted by Crippen LogP contribution is -2.07. The molecule has 1 atom stereocenters. The van der Waals surface area contributed by atoms with E-state index in [0.29, 0.717) is 0 Å². The quantitative estimate of drug-likeness (QED) is 0.741. The summed E-state index contributed by atoms with van der Waals surface area (Å²) in [6.45, 7) is 2.16. The van der Waals surface area contributed by atoms with E-state index in [0.717, 1.165) is 37.8 Å². The number of aliphatic hydroxyl groups excluding tert-OH is 1. The first-order valence-corrected chi connectivity index (χ1v) is 6.21. The summed E-state index contributed by atoms with van der Waals surface area (Å²) < 4.78 is 0. The maximum absolute atomic E-state index is 9.73. The highest BCUT2D eigenvalue weighted by atomic mass is 16.3. The Kier molecular flexibility index (Phi) is 5.94. The van der Waals surface area contributed by atoms with E-state index in [4.69, 9.17) is 0 Å². The van der Waals surface area contributed by atoms with E-state index in [2.05, 4.69) is 36.5 Å². The lowest BCUT2D eigenvalue weighted by molar-refractivity contribution is 0.152. The molecular weight excluding hydrogens is 198 g/mol. The van der Waals surface area contributed by atoms with Crippen LogP contribution in [-0.4, -0.2) is 18.3 Å². The van der Waals surface area contributed by atoms with Gasteiger partial charge >= 0.3 is 0 Å². The van der Waals surface area contributed by atoms with Crippen LogP contribution in [0.5, 0.6) is 0 Å². The molecule has 0 aliphatic heterocycles. The third-order valence-electron chi connectivity index (χ3n) is 2.90. The lowest BCUT2D eigenvalue weighted by Gasteiger charge is -2.10. The number of rotatable bonds is 7. The Labute approximate surface area is 98.7 Å². The van der Waals surface area contributed by atoms with Gasteiger partial charge < -0.3 is 10.4 Å². The Bertz CT molecular complexity index is 281. The smallest absolute Gasteiger partial charge is 0.0543 e. The highest BCUT2D eigenvalue weighted by Gasteiger charge is 2.03. The molecule has 2 heteroatoms. The van der Waals surface area contributed by atoms with Gasteiger partial charge in [-0.2, -0.15) is 0 Å². The number of nitrogens with one attached hydrogen (secondary N) is 1. The van der Waals surface area contributed by atoms with Crippen molar-refractivity contribution in [1.29, 1.82) is 0 Å². The average Bonchev–Trinajstić information content (AvgIpc) is 2.34. The van der Waals surface area contributed by atoms with Gasteiger partial charge in [0, 0.05) is 12.7 Å². The van der Waals surface area contributed by atoms with Crippen LogP contribution in [0.4, 0.5) is 5.69 Å². The van der Waals surface area contributed by atoms with E-state index < -0.39 is 0 Å². The molecule has 0 aliphatic rings. The van der Waals surface area contributed by atoms with Crippen molar-refractivity contribution in [2.75, 3.05) is 12.4 Å². The molecule has 1 unspecified atom stereocenters. The predicted molar refractivity (Wildman–Crippen MR) is 69.8 cm³/mol. The molecular formula is C14H23NO. The number of aryl methyl sites for hydroxylation is 1. The molecule has 16 heavy (non-hydrogen) atoms. The first kappa shape index (κ1) is 13.0. The van der Waals surface area contributed by atoms with E-state index in [1.54, 1.807) is 0 Å². The van der Waals surface area contributed by atoms with Crippen LogP contribution in [0.2, 0.25) is 0 Å². The van der Waals surface area contributed by atoms with Crippen LogP contribution in [0.25, 0.3) is 0 Å². The number of aliphatic hydroxyl groups is 1. The summed E-state index contributed by atoms with van der Waals surface area (Å²) in [6, 6.07) is 8.40. The van der Waals surface area contributed by atoms with Crippen LogP contribution in [0.1, 0.15) is 38.2 Å². The summed E-state index contributed by atoms with van der Waals surface area (Å²) in [4.78, 5) is 0. The van der Waals surface area contributed by atoms with Gasteiger partial charge in [0.15, 0.2) is 0 Å². The normalized spacial score (nSPS) is 12.4. The minimum Gasteiger partial charge on any atom is -0.393 e. The Morgan fingerprint density at radius 2 is 1.88 bits per heavy atom. The van der Waals surface area contributed by atoms with Crippen molar-refractivity contribution in [3.63, 3.8) is 0 Å².